The Balaban J connectivity index is 1.28. The molecule has 0 spiro atoms. The van der Waals surface area contributed by atoms with Gasteiger partial charge in [-0.25, -0.2) is 14.1 Å². The van der Waals surface area contributed by atoms with Crippen molar-refractivity contribution in [1.82, 2.24) is 19.5 Å². The number of methoxy groups -OCH3 is 1. The maximum atomic E-state index is 14.8. The molecule has 14 nitrogen and oxygen atoms in total. The maximum absolute atomic E-state index is 14.8. The number of nitrogens with zero attached hydrogens (tertiary/aromatic N) is 5. The van der Waals surface area contributed by atoms with Gasteiger partial charge in [-0.2, -0.15) is 9.97 Å². The quantitative estimate of drug-likeness (QED) is 0.0671. The first-order chi connectivity index (χ1) is 26.2. The van der Waals surface area contributed by atoms with Crippen LogP contribution in [0.1, 0.15) is 31.9 Å². The summed E-state index contributed by atoms with van der Waals surface area (Å²) in [7, 11) is -6.01. The highest BCUT2D eigenvalue weighted by Crippen LogP contribution is 2.63. The predicted molar refractivity (Wildman–Crippen MR) is 211 cm³/mol. The van der Waals surface area contributed by atoms with Gasteiger partial charge in [0.25, 0.3) is 0 Å². The van der Waals surface area contributed by atoms with E-state index in [4.69, 9.17) is 69.2 Å². The Bertz CT molecular complexity index is 2160. The molecule has 1 aliphatic carbocycles. The third-order valence-electron chi connectivity index (χ3n) is 8.76. The van der Waals surface area contributed by atoms with Crippen LogP contribution in [0.5, 0.6) is 17.2 Å². The molecular weight excluding hydrogens is 838 g/mol. The topological polar surface area (TPSA) is 168 Å². The normalized spacial score (nSPS) is 16.4. The lowest BCUT2D eigenvalue weighted by atomic mass is 10.2. The third kappa shape index (κ3) is 10.4. The van der Waals surface area contributed by atoms with E-state index in [9.17, 15) is 19.3 Å². The summed E-state index contributed by atoms with van der Waals surface area (Å²) in [6.07, 6.45) is 0.643. The van der Waals surface area contributed by atoms with E-state index in [0.29, 0.717) is 11.3 Å². The molecular formula is C35H37Cl4N5O9P2. The molecule has 0 bridgehead atoms. The highest BCUT2D eigenvalue weighted by Gasteiger charge is 2.44. The number of halogens is 4. The lowest BCUT2D eigenvalue weighted by Crippen LogP contribution is -2.39. The second-order valence-electron chi connectivity index (χ2n) is 12.7. The van der Waals surface area contributed by atoms with Gasteiger partial charge in [0.05, 0.1) is 12.9 Å². The summed E-state index contributed by atoms with van der Waals surface area (Å²) in [4.78, 5) is 15.1. The summed E-state index contributed by atoms with van der Waals surface area (Å²) >= 11 is 24.9. The average molecular weight is 875 g/mol. The molecule has 1 unspecified atom stereocenters. The summed E-state index contributed by atoms with van der Waals surface area (Å²) in [5, 5.41) is 23.6. The Morgan fingerprint density at radius 1 is 0.836 bits per heavy atom. The number of anilines is 1. The zero-order chi connectivity index (χ0) is 39.3. The molecule has 55 heavy (non-hydrogen) atoms. The Morgan fingerprint density at radius 2 is 1.36 bits per heavy atom. The lowest BCUT2D eigenvalue weighted by Gasteiger charge is -2.29. The van der Waals surface area contributed by atoms with Gasteiger partial charge >= 0.3 is 15.2 Å². The van der Waals surface area contributed by atoms with Crippen LogP contribution in [0.25, 0.3) is 11.2 Å². The van der Waals surface area contributed by atoms with Crippen molar-refractivity contribution in [1.29, 1.82) is 0 Å². The minimum atomic E-state index is -4.62. The predicted octanol–water partition coefficient (Wildman–Crippen LogP) is 9.28. The zero-order valence-electron chi connectivity index (χ0n) is 29.5. The van der Waals surface area contributed by atoms with Crippen LogP contribution in [-0.2, 0) is 18.4 Å². The highest BCUT2D eigenvalue weighted by molar-refractivity contribution is 7.72. The first kappa shape index (κ1) is 41.5. The van der Waals surface area contributed by atoms with Crippen LogP contribution in [0.2, 0.25) is 20.4 Å². The standard InChI is InChI=1S/C35H37Cl4N5O9P2/c1-43(25-11-3-4-12-25)32-30-33(42-35(39)41-32)44(20-40-30)34(46)31(45)29(49-2)19-50-54(47,51-26-13-5-8-22(36)16-26)21-55(48,52-27-14-6-9-23(37)17-27)53-28-15-7-10-24(38)18-28/h5-10,13-18,20,25,29,31,34,45-46H,3-4,11-12,19,21H2,1-2H3/t29-,31-,34-,54?/m1/s1. The van der Waals surface area contributed by atoms with Gasteiger partial charge in [0, 0.05) is 35.3 Å². The molecule has 294 valence electrons. The van der Waals surface area contributed by atoms with Crippen molar-refractivity contribution in [2.24, 2.45) is 0 Å². The zero-order valence-corrected chi connectivity index (χ0v) is 34.3. The molecule has 1 fully saturated rings. The number of ether oxygens (including phenoxy) is 1. The molecule has 0 aliphatic heterocycles. The number of fused-ring (bicyclic) bond motifs is 1. The number of imidazole rings is 1. The first-order valence-electron chi connectivity index (χ1n) is 16.9. The van der Waals surface area contributed by atoms with Gasteiger partial charge in [0.2, 0.25) is 5.28 Å². The second kappa shape index (κ2) is 18.0. The Labute approximate surface area is 337 Å². The number of hydrogen-bond acceptors (Lipinski definition) is 13. The third-order valence-corrected chi connectivity index (χ3v) is 14.4. The average Bonchev–Trinajstić information content (AvgIpc) is 3.82. The van der Waals surface area contributed by atoms with Crippen molar-refractivity contribution >= 4 is 78.6 Å². The molecule has 0 amide bonds. The van der Waals surface area contributed by atoms with E-state index in [1.165, 1.54) is 54.4 Å². The smallest absolute Gasteiger partial charge is 0.424 e. The van der Waals surface area contributed by atoms with E-state index in [0.717, 1.165) is 25.7 Å². The fraction of sp³-hybridized carbons (Fsp3) is 0.343. The molecule has 2 heterocycles. The molecule has 6 rings (SSSR count). The molecule has 2 aromatic heterocycles. The number of rotatable bonds is 17. The van der Waals surface area contributed by atoms with Gasteiger partial charge in [-0.15, -0.1) is 0 Å². The van der Waals surface area contributed by atoms with E-state index in [1.807, 2.05) is 11.9 Å². The molecule has 4 atom stereocenters. The van der Waals surface area contributed by atoms with Gasteiger partial charge < -0.3 is 33.4 Å². The molecule has 0 saturated heterocycles. The van der Waals surface area contributed by atoms with E-state index >= 15 is 0 Å². The van der Waals surface area contributed by atoms with Gasteiger partial charge in [-0.1, -0.05) is 65.8 Å². The maximum Gasteiger partial charge on any atom is 0.444 e. The molecule has 3 aromatic carbocycles. The largest absolute Gasteiger partial charge is 0.444 e. The van der Waals surface area contributed by atoms with E-state index in [-0.39, 0.29) is 49.3 Å². The number of benzene rings is 3. The van der Waals surface area contributed by atoms with Crippen molar-refractivity contribution in [2.75, 3.05) is 31.6 Å². The summed E-state index contributed by atoms with van der Waals surface area (Å²) in [6.45, 7) is -0.654. The number of aliphatic hydroxyl groups excluding tert-OH is 2. The highest BCUT2D eigenvalue weighted by atomic mass is 35.5. The molecule has 1 aliphatic rings. The van der Waals surface area contributed by atoms with Crippen molar-refractivity contribution in [3.05, 3.63) is 99.5 Å². The van der Waals surface area contributed by atoms with E-state index < -0.39 is 46.1 Å². The minimum absolute atomic E-state index is 0.00210. The van der Waals surface area contributed by atoms with Crippen molar-refractivity contribution in [2.45, 2.75) is 50.2 Å². The molecule has 0 radical (unpaired) electrons. The van der Waals surface area contributed by atoms with Crippen molar-refractivity contribution < 1.29 is 42.2 Å². The number of hydrogen-bond donors (Lipinski definition) is 2. The van der Waals surface area contributed by atoms with Crippen LogP contribution in [-0.4, -0.2) is 74.6 Å². The lowest BCUT2D eigenvalue weighted by molar-refractivity contribution is -0.113. The first-order valence-corrected chi connectivity index (χ1v) is 21.9. The molecule has 5 aromatic rings. The van der Waals surface area contributed by atoms with Crippen LogP contribution < -0.4 is 18.5 Å². The Morgan fingerprint density at radius 3 is 1.87 bits per heavy atom. The summed E-state index contributed by atoms with van der Waals surface area (Å²) in [5.74, 6) is -0.400. The van der Waals surface area contributed by atoms with E-state index in [2.05, 4.69) is 15.0 Å². The Kier molecular flexibility index (Phi) is 13.6. The molecule has 1 saturated carbocycles. The summed E-state index contributed by atoms with van der Waals surface area (Å²) in [5.41, 5.74) is 0.527. The van der Waals surface area contributed by atoms with Gasteiger partial charge in [-0.3, -0.25) is 9.09 Å². The SMILES string of the molecule is CO[C@H](COP(=O)(CP(=O)(Oc1cccc(Cl)c1)Oc1cccc(Cl)c1)Oc1cccc(Cl)c1)[C@@H](O)[C@@H](O)n1cnc2c(N(C)C3CCCC3)nc(Cl)nc21. The van der Waals surface area contributed by atoms with Crippen LogP contribution in [0.4, 0.5) is 5.82 Å². The minimum Gasteiger partial charge on any atom is -0.424 e. The summed E-state index contributed by atoms with van der Waals surface area (Å²) in [6, 6.07) is 18.2. The monoisotopic (exact) mass is 873 g/mol. The van der Waals surface area contributed by atoms with Crippen molar-refractivity contribution in [3.8, 4) is 17.2 Å². The van der Waals surface area contributed by atoms with Crippen LogP contribution in [0, 0.1) is 0 Å². The summed E-state index contributed by atoms with van der Waals surface area (Å²) < 4.78 is 59.6. The fourth-order valence-corrected chi connectivity index (χ4v) is 11.3. The van der Waals surface area contributed by atoms with Crippen LogP contribution >= 0.6 is 61.6 Å². The van der Waals surface area contributed by atoms with E-state index in [1.54, 1.807) is 36.4 Å². The second-order valence-corrected chi connectivity index (χ2v) is 18.7. The molecule has 2 N–H and O–H groups in total. The van der Waals surface area contributed by atoms with Crippen molar-refractivity contribution in [3.63, 3.8) is 0 Å². The Hall–Kier alpha value is -3.13. The fourth-order valence-electron chi connectivity index (χ4n) is 6.07. The molecule has 20 heteroatoms. The van der Waals surface area contributed by atoms with Gasteiger partial charge in [0.1, 0.15) is 29.5 Å². The van der Waals surface area contributed by atoms with Crippen LogP contribution in [0.3, 0.4) is 0 Å². The van der Waals surface area contributed by atoms with Gasteiger partial charge in [0.15, 0.2) is 29.1 Å². The number of aliphatic hydroxyl groups is 2. The van der Waals surface area contributed by atoms with Gasteiger partial charge in [-0.05, 0) is 79.0 Å². The van der Waals surface area contributed by atoms with Crippen LogP contribution in [0.15, 0.2) is 79.1 Å². The number of aromatic nitrogens is 4.